The first kappa shape index (κ1) is 9.56. The van der Waals surface area contributed by atoms with Gasteiger partial charge in [-0.05, 0) is 17.8 Å². The molecule has 0 aliphatic heterocycles. The van der Waals surface area contributed by atoms with Crippen LogP contribution in [0.5, 0.6) is 0 Å². The molecule has 70 valence electrons. The Balaban J connectivity index is 2.21. The Hall–Kier alpha value is -0.530. The summed E-state index contributed by atoms with van der Waals surface area (Å²) in [6, 6.07) is 0.434. The molecule has 0 aromatic heterocycles. The van der Waals surface area contributed by atoms with Crippen molar-refractivity contribution in [1.82, 2.24) is 5.32 Å². The fourth-order valence-corrected chi connectivity index (χ4v) is 1.34. The van der Waals surface area contributed by atoms with Crippen LogP contribution in [-0.4, -0.2) is 11.9 Å². The van der Waals surface area contributed by atoms with Crippen molar-refractivity contribution in [3.05, 3.63) is 0 Å². The van der Waals surface area contributed by atoms with E-state index in [0.29, 0.717) is 23.8 Å². The topological polar surface area (TPSA) is 29.1 Å². The molecule has 0 aromatic carbocycles. The fraction of sp³-hybridized carbons (Fsp3) is 0.900. The van der Waals surface area contributed by atoms with Crippen molar-refractivity contribution in [1.29, 1.82) is 0 Å². The van der Waals surface area contributed by atoms with Crippen molar-refractivity contribution in [2.45, 2.75) is 46.6 Å². The van der Waals surface area contributed by atoms with E-state index in [0.717, 1.165) is 6.42 Å². The van der Waals surface area contributed by atoms with Gasteiger partial charge in [0.1, 0.15) is 0 Å². The summed E-state index contributed by atoms with van der Waals surface area (Å²) < 4.78 is 0. The van der Waals surface area contributed by atoms with Crippen molar-refractivity contribution in [3.8, 4) is 0 Å². The molecule has 12 heavy (non-hydrogen) atoms. The average Bonchev–Trinajstić information content (AvgIpc) is 2.35. The highest BCUT2D eigenvalue weighted by Gasteiger charge is 2.46. The predicted molar refractivity (Wildman–Crippen MR) is 49.8 cm³/mol. The van der Waals surface area contributed by atoms with Crippen molar-refractivity contribution >= 4 is 5.91 Å². The van der Waals surface area contributed by atoms with Crippen LogP contribution in [0.1, 0.15) is 40.5 Å². The van der Waals surface area contributed by atoms with Crippen LogP contribution in [-0.2, 0) is 4.79 Å². The zero-order valence-electron chi connectivity index (χ0n) is 8.48. The lowest BCUT2D eigenvalue weighted by molar-refractivity contribution is -0.122. The first-order valence-corrected chi connectivity index (χ1v) is 4.71. The average molecular weight is 169 g/mol. The molecule has 1 amide bonds. The van der Waals surface area contributed by atoms with Gasteiger partial charge in [-0.3, -0.25) is 4.79 Å². The van der Waals surface area contributed by atoms with Gasteiger partial charge >= 0.3 is 0 Å². The molecule has 1 aliphatic carbocycles. The maximum Gasteiger partial charge on any atom is 0.220 e. The summed E-state index contributed by atoms with van der Waals surface area (Å²) in [6.07, 6.45) is 1.80. The molecule has 1 saturated carbocycles. The molecule has 1 rings (SSSR count). The van der Waals surface area contributed by atoms with E-state index in [1.54, 1.807) is 0 Å². The lowest BCUT2D eigenvalue weighted by Gasteiger charge is -2.08. The van der Waals surface area contributed by atoms with Gasteiger partial charge in [0.15, 0.2) is 0 Å². The Bertz CT molecular complexity index is 184. The van der Waals surface area contributed by atoms with Crippen LogP contribution in [0.3, 0.4) is 0 Å². The molecule has 1 aliphatic rings. The fourth-order valence-electron chi connectivity index (χ4n) is 1.34. The minimum atomic E-state index is 0.209. The van der Waals surface area contributed by atoms with Gasteiger partial charge in [0.05, 0.1) is 0 Å². The van der Waals surface area contributed by atoms with Gasteiger partial charge in [-0.25, -0.2) is 0 Å². The summed E-state index contributed by atoms with van der Waals surface area (Å²) in [6.45, 7) is 8.51. The van der Waals surface area contributed by atoms with E-state index in [9.17, 15) is 4.79 Å². The molecular weight excluding hydrogens is 150 g/mol. The van der Waals surface area contributed by atoms with Crippen molar-refractivity contribution in [3.63, 3.8) is 0 Å². The van der Waals surface area contributed by atoms with Crippen molar-refractivity contribution in [2.75, 3.05) is 0 Å². The second-order valence-corrected chi connectivity index (χ2v) is 4.91. The molecule has 1 atom stereocenters. The van der Waals surface area contributed by atoms with E-state index < -0.39 is 0 Å². The minimum Gasteiger partial charge on any atom is -0.353 e. The summed E-state index contributed by atoms with van der Waals surface area (Å²) in [5.74, 6) is 0.674. The maximum atomic E-state index is 11.3. The van der Waals surface area contributed by atoms with E-state index >= 15 is 0 Å². The number of amides is 1. The molecule has 0 heterocycles. The quantitative estimate of drug-likeness (QED) is 0.687. The van der Waals surface area contributed by atoms with Gasteiger partial charge in [-0.1, -0.05) is 27.7 Å². The lowest BCUT2D eigenvalue weighted by atomic mass is 10.1. The second-order valence-electron chi connectivity index (χ2n) is 4.91. The van der Waals surface area contributed by atoms with Crippen LogP contribution in [0.25, 0.3) is 0 Å². The van der Waals surface area contributed by atoms with Gasteiger partial charge in [-0.2, -0.15) is 0 Å². The maximum absolute atomic E-state index is 11.3. The van der Waals surface area contributed by atoms with Gasteiger partial charge in [0.25, 0.3) is 0 Å². The number of rotatable bonds is 3. The SMILES string of the molecule is CC(C)CC(=O)NC1CC1(C)C. The lowest BCUT2D eigenvalue weighted by Crippen LogP contribution is -2.29. The first-order valence-electron chi connectivity index (χ1n) is 4.71. The summed E-state index contributed by atoms with van der Waals surface area (Å²) >= 11 is 0. The van der Waals surface area contributed by atoms with Crippen LogP contribution < -0.4 is 5.32 Å². The van der Waals surface area contributed by atoms with E-state index in [4.69, 9.17) is 0 Å². The number of nitrogens with one attached hydrogen (secondary N) is 1. The second kappa shape index (κ2) is 3.08. The van der Waals surface area contributed by atoms with Crippen LogP contribution >= 0.6 is 0 Å². The Kier molecular flexibility index (Phi) is 2.45. The molecule has 0 saturated heterocycles. The number of carbonyl (C=O) groups is 1. The smallest absolute Gasteiger partial charge is 0.220 e. The Morgan fingerprint density at radius 3 is 2.42 bits per heavy atom. The van der Waals surface area contributed by atoms with Crippen molar-refractivity contribution < 1.29 is 4.79 Å². The molecule has 0 bridgehead atoms. The molecule has 2 nitrogen and oxygen atoms in total. The van der Waals surface area contributed by atoms with Gasteiger partial charge < -0.3 is 5.32 Å². The molecule has 1 unspecified atom stereocenters. The highest BCUT2D eigenvalue weighted by Crippen LogP contribution is 2.44. The number of carbonyl (C=O) groups excluding carboxylic acids is 1. The molecule has 0 aromatic rings. The van der Waals surface area contributed by atoms with Crippen LogP contribution in [0.4, 0.5) is 0 Å². The monoisotopic (exact) mass is 169 g/mol. The van der Waals surface area contributed by atoms with Gasteiger partial charge in [0.2, 0.25) is 5.91 Å². The van der Waals surface area contributed by atoms with Gasteiger partial charge in [0, 0.05) is 12.5 Å². The highest BCUT2D eigenvalue weighted by molar-refractivity contribution is 5.76. The van der Waals surface area contributed by atoms with Crippen LogP contribution in [0.2, 0.25) is 0 Å². The molecule has 0 spiro atoms. The molecule has 0 radical (unpaired) electrons. The third-order valence-corrected chi connectivity index (χ3v) is 2.44. The predicted octanol–water partition coefficient (Wildman–Crippen LogP) is 1.95. The molecule has 2 heteroatoms. The Morgan fingerprint density at radius 2 is 2.08 bits per heavy atom. The van der Waals surface area contributed by atoms with E-state index in [2.05, 4.69) is 33.0 Å². The van der Waals surface area contributed by atoms with Crippen LogP contribution in [0, 0.1) is 11.3 Å². The minimum absolute atomic E-state index is 0.209. The van der Waals surface area contributed by atoms with Crippen LogP contribution in [0.15, 0.2) is 0 Å². The normalized spacial score (nSPS) is 25.6. The Morgan fingerprint density at radius 1 is 1.58 bits per heavy atom. The largest absolute Gasteiger partial charge is 0.353 e. The van der Waals surface area contributed by atoms with E-state index in [-0.39, 0.29) is 5.91 Å². The molecule has 1 N–H and O–H groups in total. The summed E-state index contributed by atoms with van der Waals surface area (Å²) in [5.41, 5.74) is 0.354. The highest BCUT2D eigenvalue weighted by atomic mass is 16.1. The summed E-state index contributed by atoms with van der Waals surface area (Å²) in [4.78, 5) is 11.3. The number of hydrogen-bond acceptors (Lipinski definition) is 1. The zero-order valence-corrected chi connectivity index (χ0v) is 8.48. The zero-order chi connectivity index (χ0) is 9.35. The summed E-state index contributed by atoms with van der Waals surface area (Å²) in [5, 5.41) is 3.04. The molecular formula is C10H19NO. The summed E-state index contributed by atoms with van der Waals surface area (Å²) in [7, 11) is 0. The first-order chi connectivity index (χ1) is 5.42. The third-order valence-electron chi connectivity index (χ3n) is 2.44. The van der Waals surface area contributed by atoms with E-state index in [1.807, 2.05) is 0 Å². The molecule has 1 fully saturated rings. The van der Waals surface area contributed by atoms with Gasteiger partial charge in [-0.15, -0.1) is 0 Å². The van der Waals surface area contributed by atoms with E-state index in [1.165, 1.54) is 0 Å². The van der Waals surface area contributed by atoms with Crippen molar-refractivity contribution in [2.24, 2.45) is 11.3 Å². The Labute approximate surface area is 74.7 Å². The standard InChI is InChI=1S/C10H19NO/c1-7(2)5-9(12)11-8-6-10(8,3)4/h7-8H,5-6H2,1-4H3,(H,11,12). The number of hydrogen-bond donors (Lipinski definition) is 1. The third kappa shape index (κ3) is 2.50.